The third-order valence-corrected chi connectivity index (χ3v) is 3.02. The van der Waals surface area contributed by atoms with E-state index in [-0.39, 0.29) is 0 Å². The fourth-order valence-electron chi connectivity index (χ4n) is 1.84. The molecule has 0 saturated heterocycles. The number of nitrogens with zero attached hydrogens (tertiary/aromatic N) is 4. The van der Waals surface area contributed by atoms with E-state index in [1.807, 2.05) is 6.07 Å². The van der Waals surface area contributed by atoms with Crippen LogP contribution in [0, 0.1) is 0 Å². The Hall–Kier alpha value is -3.22. The van der Waals surface area contributed by atoms with Crippen LogP contribution in [0.5, 0.6) is 11.6 Å². The summed E-state index contributed by atoms with van der Waals surface area (Å²) in [5, 5.41) is 3.84. The van der Waals surface area contributed by atoms with Gasteiger partial charge < -0.3 is 4.74 Å². The normalized spacial score (nSPS) is 10.4. The fourth-order valence-corrected chi connectivity index (χ4v) is 1.84. The van der Waals surface area contributed by atoms with Crippen molar-refractivity contribution in [1.29, 1.82) is 0 Å². The Morgan fingerprint density at radius 1 is 1.05 bits per heavy atom. The molecule has 0 saturated carbocycles. The van der Waals surface area contributed by atoms with Crippen LogP contribution in [-0.4, -0.2) is 19.3 Å². The second kappa shape index (κ2) is 5.65. The Kier molecular flexibility index (Phi) is 3.53. The molecule has 3 rings (SSSR count). The van der Waals surface area contributed by atoms with Gasteiger partial charge in [-0.25, -0.2) is 9.78 Å². The third kappa shape index (κ3) is 2.64. The molecule has 0 aliphatic rings. The smallest absolute Gasteiger partial charge is 0.351 e. The number of benzene rings is 1. The zero-order valence-corrected chi connectivity index (χ0v) is 11.7. The summed E-state index contributed by atoms with van der Waals surface area (Å²) < 4.78 is 7.70. The van der Waals surface area contributed by atoms with Crippen molar-refractivity contribution in [3.8, 4) is 17.3 Å². The summed E-state index contributed by atoms with van der Waals surface area (Å²) in [6.07, 6.45) is 2.73. The highest BCUT2D eigenvalue weighted by atomic mass is 16.5. The molecule has 0 radical (unpaired) electrons. The van der Waals surface area contributed by atoms with Crippen LogP contribution in [0.3, 0.4) is 0 Å². The van der Waals surface area contributed by atoms with Gasteiger partial charge in [0.1, 0.15) is 11.9 Å². The van der Waals surface area contributed by atoms with E-state index < -0.39 is 11.2 Å². The maximum Gasteiger partial charge on any atom is 0.351 e. The largest absolute Gasteiger partial charge is 0.439 e. The van der Waals surface area contributed by atoms with E-state index in [9.17, 15) is 9.59 Å². The average Bonchev–Trinajstić information content (AvgIpc) is 2.55. The van der Waals surface area contributed by atoms with E-state index in [4.69, 9.17) is 4.74 Å². The van der Waals surface area contributed by atoms with E-state index in [1.165, 1.54) is 7.05 Å². The molecule has 7 heteroatoms. The summed E-state index contributed by atoms with van der Waals surface area (Å²) in [6.45, 7) is 0. The minimum Gasteiger partial charge on any atom is -0.439 e. The van der Waals surface area contributed by atoms with Crippen LogP contribution in [0.2, 0.25) is 0 Å². The SMILES string of the molecule is Cn1c(=O)cnn(-c2ccc(Oc3ccccn3)cc2)c1=O. The van der Waals surface area contributed by atoms with Gasteiger partial charge in [0.25, 0.3) is 5.56 Å². The zero-order valence-electron chi connectivity index (χ0n) is 11.7. The molecule has 0 unspecified atom stereocenters. The summed E-state index contributed by atoms with van der Waals surface area (Å²) in [6, 6.07) is 12.1. The molecule has 0 aliphatic carbocycles. The summed E-state index contributed by atoms with van der Waals surface area (Å²) in [5.74, 6) is 1.06. The fraction of sp³-hybridized carbons (Fsp3) is 0.0667. The van der Waals surface area contributed by atoms with Gasteiger partial charge >= 0.3 is 5.69 Å². The number of rotatable bonds is 3. The standard InChI is InChI=1S/C15H12N4O3/c1-18-14(20)10-17-19(15(18)21)11-5-7-12(8-6-11)22-13-4-2-3-9-16-13/h2-10H,1H3. The molecule has 22 heavy (non-hydrogen) atoms. The van der Waals surface area contributed by atoms with E-state index in [1.54, 1.807) is 42.6 Å². The molecular weight excluding hydrogens is 284 g/mol. The van der Waals surface area contributed by atoms with Crippen LogP contribution < -0.4 is 16.0 Å². The van der Waals surface area contributed by atoms with Gasteiger partial charge in [0.05, 0.1) is 5.69 Å². The molecule has 0 spiro atoms. The van der Waals surface area contributed by atoms with E-state index in [0.717, 1.165) is 15.4 Å². The van der Waals surface area contributed by atoms with Crippen molar-refractivity contribution in [2.45, 2.75) is 0 Å². The molecule has 0 fully saturated rings. The van der Waals surface area contributed by atoms with E-state index in [0.29, 0.717) is 17.3 Å². The first-order valence-corrected chi connectivity index (χ1v) is 6.50. The number of hydrogen-bond acceptors (Lipinski definition) is 5. The third-order valence-electron chi connectivity index (χ3n) is 3.02. The van der Waals surface area contributed by atoms with Crippen molar-refractivity contribution in [2.24, 2.45) is 7.05 Å². The zero-order chi connectivity index (χ0) is 15.5. The molecule has 2 heterocycles. The lowest BCUT2D eigenvalue weighted by atomic mass is 10.3. The van der Waals surface area contributed by atoms with Crippen molar-refractivity contribution in [1.82, 2.24) is 19.3 Å². The van der Waals surface area contributed by atoms with Crippen molar-refractivity contribution in [3.63, 3.8) is 0 Å². The Morgan fingerprint density at radius 2 is 1.82 bits per heavy atom. The minimum absolute atomic E-state index is 0.448. The summed E-state index contributed by atoms with van der Waals surface area (Å²) in [4.78, 5) is 27.4. The van der Waals surface area contributed by atoms with Crippen LogP contribution in [0.4, 0.5) is 0 Å². The van der Waals surface area contributed by atoms with Crippen LogP contribution >= 0.6 is 0 Å². The molecule has 7 nitrogen and oxygen atoms in total. The van der Waals surface area contributed by atoms with Crippen LogP contribution in [0.15, 0.2) is 64.4 Å². The van der Waals surface area contributed by atoms with Crippen molar-refractivity contribution in [3.05, 3.63) is 75.7 Å². The topological polar surface area (TPSA) is 79.0 Å². The molecule has 1 aromatic carbocycles. The summed E-state index contributed by atoms with van der Waals surface area (Å²) in [5.41, 5.74) is -0.420. The molecule has 3 aromatic rings. The van der Waals surface area contributed by atoms with Crippen LogP contribution in [0.25, 0.3) is 5.69 Å². The first kappa shape index (κ1) is 13.7. The van der Waals surface area contributed by atoms with Crippen LogP contribution in [-0.2, 0) is 7.05 Å². The average molecular weight is 296 g/mol. The van der Waals surface area contributed by atoms with Gasteiger partial charge in [-0.15, -0.1) is 0 Å². The minimum atomic E-state index is -0.508. The van der Waals surface area contributed by atoms with Gasteiger partial charge in [-0.2, -0.15) is 9.78 Å². The molecule has 110 valence electrons. The van der Waals surface area contributed by atoms with E-state index >= 15 is 0 Å². The van der Waals surface area contributed by atoms with Gasteiger partial charge in [-0.05, 0) is 30.3 Å². The van der Waals surface area contributed by atoms with Gasteiger partial charge in [0.15, 0.2) is 0 Å². The van der Waals surface area contributed by atoms with Gasteiger partial charge in [-0.3, -0.25) is 9.36 Å². The van der Waals surface area contributed by atoms with Crippen LogP contribution in [0.1, 0.15) is 0 Å². The Balaban J connectivity index is 1.91. The maximum atomic E-state index is 12.0. The molecular formula is C15H12N4O3. The Labute approximate surface area is 125 Å². The second-order valence-electron chi connectivity index (χ2n) is 4.50. The lowest BCUT2D eigenvalue weighted by Crippen LogP contribution is -2.38. The first-order chi connectivity index (χ1) is 10.6. The maximum absolute atomic E-state index is 12.0. The van der Waals surface area contributed by atoms with Gasteiger partial charge in [-0.1, -0.05) is 6.07 Å². The quantitative estimate of drug-likeness (QED) is 0.723. The van der Waals surface area contributed by atoms with Crippen molar-refractivity contribution >= 4 is 0 Å². The lowest BCUT2D eigenvalue weighted by molar-refractivity contribution is 0.463. The highest BCUT2D eigenvalue weighted by Gasteiger charge is 2.05. The molecule has 0 amide bonds. The monoisotopic (exact) mass is 296 g/mol. The number of pyridine rings is 1. The first-order valence-electron chi connectivity index (χ1n) is 6.50. The van der Waals surface area contributed by atoms with E-state index in [2.05, 4.69) is 10.1 Å². The highest BCUT2D eigenvalue weighted by molar-refractivity contribution is 5.37. The summed E-state index contributed by atoms with van der Waals surface area (Å²) in [7, 11) is 1.40. The van der Waals surface area contributed by atoms with Gasteiger partial charge in [0.2, 0.25) is 5.88 Å². The number of aromatic nitrogens is 4. The lowest BCUT2D eigenvalue weighted by Gasteiger charge is -2.07. The molecule has 0 atom stereocenters. The molecule has 0 bridgehead atoms. The second-order valence-corrected chi connectivity index (χ2v) is 4.50. The molecule has 0 N–H and O–H groups in total. The predicted molar refractivity (Wildman–Crippen MR) is 79.4 cm³/mol. The number of hydrogen-bond donors (Lipinski definition) is 0. The number of ether oxygens (including phenoxy) is 1. The predicted octanol–water partition coefficient (Wildman–Crippen LogP) is 1.12. The van der Waals surface area contributed by atoms with Crippen molar-refractivity contribution in [2.75, 3.05) is 0 Å². The molecule has 2 aromatic heterocycles. The van der Waals surface area contributed by atoms with Crippen molar-refractivity contribution < 1.29 is 4.74 Å². The van der Waals surface area contributed by atoms with Gasteiger partial charge in [0, 0.05) is 19.3 Å². The molecule has 0 aliphatic heterocycles. The summed E-state index contributed by atoms with van der Waals surface area (Å²) >= 11 is 0. The Morgan fingerprint density at radius 3 is 2.50 bits per heavy atom. The highest BCUT2D eigenvalue weighted by Crippen LogP contribution is 2.19. The Bertz CT molecular complexity index is 899.